The van der Waals surface area contributed by atoms with Gasteiger partial charge < -0.3 is 24.8 Å². The fraction of sp³-hybridized carbons (Fsp3) is 0.304. The zero-order valence-electron chi connectivity index (χ0n) is 18.0. The standard InChI is InChI=1S/C23H26N2O7/c1-3-14-31-23(29)16-8-10-17(11-9-16)24-20(26)12-13-22(28)32-15-21(27)25-18-6-4-5-7-19(18)30-2/h4-11H,3,12-15H2,1-2H3,(H,24,26)(H,25,27). The average molecular weight is 442 g/mol. The second kappa shape index (κ2) is 12.7. The van der Waals surface area contributed by atoms with Crippen LogP contribution in [0.2, 0.25) is 0 Å². The van der Waals surface area contributed by atoms with Crippen molar-refractivity contribution in [2.45, 2.75) is 26.2 Å². The lowest BCUT2D eigenvalue weighted by atomic mass is 10.2. The number of carbonyl (C=O) groups excluding carboxylic acids is 4. The Labute approximate surface area is 186 Å². The molecule has 0 radical (unpaired) electrons. The Kier molecular flexibility index (Phi) is 9.70. The molecule has 0 saturated carbocycles. The van der Waals surface area contributed by atoms with Gasteiger partial charge in [-0.1, -0.05) is 19.1 Å². The third-order valence-electron chi connectivity index (χ3n) is 4.14. The summed E-state index contributed by atoms with van der Waals surface area (Å²) in [5.74, 6) is -1.55. The number of benzene rings is 2. The molecule has 2 N–H and O–H groups in total. The molecule has 0 spiro atoms. The summed E-state index contributed by atoms with van der Waals surface area (Å²) in [5.41, 5.74) is 1.32. The average Bonchev–Trinajstić information content (AvgIpc) is 2.80. The predicted octanol–water partition coefficient (Wildman–Crippen LogP) is 3.16. The highest BCUT2D eigenvalue weighted by atomic mass is 16.5. The molecule has 0 bridgehead atoms. The highest BCUT2D eigenvalue weighted by molar-refractivity contribution is 5.95. The van der Waals surface area contributed by atoms with Gasteiger partial charge in [0.05, 0.1) is 31.4 Å². The van der Waals surface area contributed by atoms with Gasteiger partial charge >= 0.3 is 11.9 Å². The van der Waals surface area contributed by atoms with Crippen molar-refractivity contribution in [2.75, 3.05) is 31.0 Å². The zero-order valence-corrected chi connectivity index (χ0v) is 18.0. The van der Waals surface area contributed by atoms with E-state index in [2.05, 4.69) is 10.6 Å². The van der Waals surface area contributed by atoms with Crippen molar-refractivity contribution in [2.24, 2.45) is 0 Å². The minimum Gasteiger partial charge on any atom is -0.495 e. The maximum absolute atomic E-state index is 12.0. The van der Waals surface area contributed by atoms with Gasteiger partial charge in [0.1, 0.15) is 5.75 Å². The molecule has 0 heterocycles. The molecule has 2 aromatic rings. The smallest absolute Gasteiger partial charge is 0.338 e. The second-order valence-electron chi connectivity index (χ2n) is 6.67. The van der Waals surface area contributed by atoms with Crippen molar-refractivity contribution in [3.8, 4) is 5.75 Å². The Bertz CT molecular complexity index is 942. The molecule has 2 aromatic carbocycles. The molecule has 170 valence electrons. The molecule has 0 aliphatic carbocycles. The molecule has 32 heavy (non-hydrogen) atoms. The first-order valence-corrected chi connectivity index (χ1v) is 10.1. The normalized spacial score (nSPS) is 10.1. The van der Waals surface area contributed by atoms with E-state index in [1.165, 1.54) is 7.11 Å². The lowest BCUT2D eigenvalue weighted by Crippen LogP contribution is -2.22. The van der Waals surface area contributed by atoms with Gasteiger partial charge in [-0.2, -0.15) is 0 Å². The van der Waals surface area contributed by atoms with E-state index in [0.29, 0.717) is 29.3 Å². The van der Waals surface area contributed by atoms with Gasteiger partial charge in [-0.05, 0) is 42.8 Å². The van der Waals surface area contributed by atoms with E-state index in [-0.39, 0.29) is 12.8 Å². The van der Waals surface area contributed by atoms with Crippen LogP contribution < -0.4 is 15.4 Å². The van der Waals surface area contributed by atoms with Gasteiger partial charge in [-0.25, -0.2) is 4.79 Å². The quantitative estimate of drug-likeness (QED) is 0.513. The lowest BCUT2D eigenvalue weighted by Gasteiger charge is -2.10. The summed E-state index contributed by atoms with van der Waals surface area (Å²) >= 11 is 0. The largest absolute Gasteiger partial charge is 0.495 e. The number of rotatable bonds is 11. The summed E-state index contributed by atoms with van der Waals surface area (Å²) in [6.45, 7) is 1.77. The maximum Gasteiger partial charge on any atom is 0.338 e. The zero-order chi connectivity index (χ0) is 23.3. The van der Waals surface area contributed by atoms with E-state index in [1.807, 2.05) is 6.92 Å². The van der Waals surface area contributed by atoms with Crippen LogP contribution in [0.15, 0.2) is 48.5 Å². The topological polar surface area (TPSA) is 120 Å². The van der Waals surface area contributed by atoms with Crippen molar-refractivity contribution in [1.82, 2.24) is 0 Å². The van der Waals surface area contributed by atoms with E-state index in [1.54, 1.807) is 48.5 Å². The van der Waals surface area contributed by atoms with Gasteiger partial charge in [-0.15, -0.1) is 0 Å². The first kappa shape index (κ1) is 24.4. The van der Waals surface area contributed by atoms with Gasteiger partial charge in [-0.3, -0.25) is 14.4 Å². The van der Waals surface area contributed by atoms with Gasteiger partial charge in [0.25, 0.3) is 5.91 Å². The number of anilines is 2. The lowest BCUT2D eigenvalue weighted by molar-refractivity contribution is -0.147. The Balaban J connectivity index is 1.70. The van der Waals surface area contributed by atoms with Crippen LogP contribution in [0.4, 0.5) is 11.4 Å². The molecule has 2 rings (SSSR count). The van der Waals surface area contributed by atoms with Crippen LogP contribution in [0.1, 0.15) is 36.5 Å². The molecule has 0 aromatic heterocycles. The highest BCUT2D eigenvalue weighted by Crippen LogP contribution is 2.22. The van der Waals surface area contributed by atoms with Crippen molar-refractivity contribution >= 4 is 35.1 Å². The summed E-state index contributed by atoms with van der Waals surface area (Å²) in [6.07, 6.45) is 0.428. The van der Waals surface area contributed by atoms with E-state index in [9.17, 15) is 19.2 Å². The Hall–Kier alpha value is -3.88. The fourth-order valence-electron chi connectivity index (χ4n) is 2.56. The fourth-order valence-corrected chi connectivity index (χ4v) is 2.56. The van der Waals surface area contributed by atoms with Crippen molar-refractivity contribution < 1.29 is 33.4 Å². The van der Waals surface area contributed by atoms with Gasteiger partial charge in [0.2, 0.25) is 5.91 Å². The molecule has 9 nitrogen and oxygen atoms in total. The van der Waals surface area contributed by atoms with Crippen LogP contribution in [0.5, 0.6) is 5.75 Å². The van der Waals surface area contributed by atoms with Crippen LogP contribution in [0.3, 0.4) is 0 Å². The Morgan fingerprint density at radius 3 is 2.25 bits per heavy atom. The minimum atomic E-state index is -0.677. The van der Waals surface area contributed by atoms with Crippen molar-refractivity contribution in [1.29, 1.82) is 0 Å². The number of ether oxygens (including phenoxy) is 3. The van der Waals surface area contributed by atoms with E-state index in [0.717, 1.165) is 6.42 Å². The van der Waals surface area contributed by atoms with Crippen LogP contribution >= 0.6 is 0 Å². The number of carbonyl (C=O) groups is 4. The van der Waals surface area contributed by atoms with Crippen LogP contribution in [0, 0.1) is 0 Å². The minimum absolute atomic E-state index is 0.118. The first-order valence-electron chi connectivity index (χ1n) is 10.1. The summed E-state index contributed by atoms with van der Waals surface area (Å²) in [6, 6.07) is 13.1. The Morgan fingerprint density at radius 2 is 1.56 bits per heavy atom. The Morgan fingerprint density at radius 1 is 0.844 bits per heavy atom. The van der Waals surface area contributed by atoms with E-state index >= 15 is 0 Å². The monoisotopic (exact) mass is 442 g/mol. The molecular formula is C23H26N2O7. The molecule has 0 fully saturated rings. The third kappa shape index (κ3) is 8.10. The molecule has 0 aliphatic heterocycles. The highest BCUT2D eigenvalue weighted by Gasteiger charge is 2.13. The van der Waals surface area contributed by atoms with E-state index < -0.39 is 30.4 Å². The van der Waals surface area contributed by atoms with E-state index in [4.69, 9.17) is 14.2 Å². The van der Waals surface area contributed by atoms with Crippen molar-refractivity contribution in [3.63, 3.8) is 0 Å². The van der Waals surface area contributed by atoms with Gasteiger partial charge in [0, 0.05) is 12.1 Å². The van der Waals surface area contributed by atoms with Gasteiger partial charge in [0.15, 0.2) is 6.61 Å². The molecule has 2 amide bonds. The summed E-state index contributed by atoms with van der Waals surface area (Å²) in [7, 11) is 1.48. The number of methoxy groups -OCH3 is 1. The number of nitrogens with one attached hydrogen (secondary N) is 2. The molecule has 9 heteroatoms. The molecular weight excluding hydrogens is 416 g/mol. The predicted molar refractivity (Wildman–Crippen MR) is 117 cm³/mol. The molecule has 0 aliphatic rings. The number of esters is 2. The molecule has 0 unspecified atom stereocenters. The SMILES string of the molecule is CCCOC(=O)c1ccc(NC(=O)CCC(=O)OCC(=O)Nc2ccccc2OC)cc1. The van der Waals surface area contributed by atoms with Crippen molar-refractivity contribution in [3.05, 3.63) is 54.1 Å². The van der Waals surface area contributed by atoms with Crippen LogP contribution in [0.25, 0.3) is 0 Å². The molecule has 0 atom stereocenters. The van der Waals surface area contributed by atoms with Crippen LogP contribution in [-0.4, -0.2) is 44.1 Å². The molecule has 0 saturated heterocycles. The summed E-state index contributed by atoms with van der Waals surface area (Å²) in [4.78, 5) is 47.6. The maximum atomic E-state index is 12.0. The number of hydrogen-bond donors (Lipinski definition) is 2. The number of amides is 2. The summed E-state index contributed by atoms with van der Waals surface area (Å²) < 4.78 is 15.1. The first-order chi connectivity index (χ1) is 15.4. The van der Waals surface area contributed by atoms with Crippen LogP contribution in [-0.2, 0) is 23.9 Å². The third-order valence-corrected chi connectivity index (χ3v) is 4.14. The second-order valence-corrected chi connectivity index (χ2v) is 6.67. The summed E-state index contributed by atoms with van der Waals surface area (Å²) in [5, 5.41) is 5.21. The number of para-hydroxylation sites is 2. The number of hydrogen-bond acceptors (Lipinski definition) is 7.